The largest absolute Gasteiger partial charge is 0.368 e. The molecule has 1 fully saturated rings. The second-order valence-corrected chi connectivity index (χ2v) is 7.59. The van der Waals surface area contributed by atoms with Crippen LogP contribution in [0.3, 0.4) is 0 Å². The molecule has 146 valence electrons. The topological polar surface area (TPSA) is 80.7 Å². The van der Waals surface area contributed by atoms with Crippen LogP contribution in [0.15, 0.2) is 70.7 Å². The summed E-state index contributed by atoms with van der Waals surface area (Å²) in [4.78, 5) is 31.3. The minimum Gasteiger partial charge on any atom is -0.368 e. The van der Waals surface area contributed by atoms with Gasteiger partial charge in [0.25, 0.3) is 5.91 Å². The molecule has 0 aliphatic carbocycles. The van der Waals surface area contributed by atoms with Crippen LogP contribution in [0.1, 0.15) is 12.5 Å². The van der Waals surface area contributed by atoms with Crippen LogP contribution >= 0.6 is 11.8 Å². The van der Waals surface area contributed by atoms with Crippen LogP contribution < -0.4 is 5.73 Å². The molecule has 6 nitrogen and oxygen atoms in total. The number of nitrogens with zero attached hydrogens (tertiary/aromatic N) is 3. The van der Waals surface area contributed by atoms with Crippen molar-refractivity contribution in [1.29, 1.82) is 0 Å². The molecule has 4 rings (SSSR count). The molecule has 29 heavy (non-hydrogen) atoms. The van der Waals surface area contributed by atoms with Crippen LogP contribution in [0.2, 0.25) is 0 Å². The van der Waals surface area contributed by atoms with Crippen LogP contribution in [0, 0.1) is 0 Å². The van der Waals surface area contributed by atoms with Gasteiger partial charge in [0.15, 0.2) is 5.17 Å². The first kappa shape index (κ1) is 19.0. The second kappa shape index (κ2) is 7.97. The first-order valence-corrected chi connectivity index (χ1v) is 10.1. The van der Waals surface area contributed by atoms with Crippen molar-refractivity contribution in [2.45, 2.75) is 13.5 Å². The first-order valence-electron chi connectivity index (χ1n) is 9.28. The van der Waals surface area contributed by atoms with Crippen molar-refractivity contribution >= 4 is 51.4 Å². The van der Waals surface area contributed by atoms with Crippen molar-refractivity contribution in [2.24, 2.45) is 10.7 Å². The number of rotatable bonds is 5. The Hall–Kier alpha value is -3.32. The average Bonchev–Trinajstić information content (AvgIpc) is 3.20. The molecule has 2 N–H and O–H groups in total. The van der Waals surface area contributed by atoms with Gasteiger partial charge in [0.1, 0.15) is 6.54 Å². The number of primary amides is 1. The summed E-state index contributed by atoms with van der Waals surface area (Å²) in [6.45, 7) is 2.56. The van der Waals surface area contributed by atoms with Crippen LogP contribution in [-0.2, 0) is 16.1 Å². The van der Waals surface area contributed by atoms with Gasteiger partial charge in [-0.1, -0.05) is 36.4 Å². The zero-order chi connectivity index (χ0) is 20.4. The Labute approximate surface area is 172 Å². The summed E-state index contributed by atoms with van der Waals surface area (Å²) >= 11 is 1.36. The maximum absolute atomic E-state index is 12.9. The molecule has 1 saturated heterocycles. The van der Waals surface area contributed by atoms with E-state index < -0.39 is 5.91 Å². The molecule has 1 aliphatic heterocycles. The molecule has 2 aromatic carbocycles. The number of thioether (sulfide) groups is 1. The van der Waals surface area contributed by atoms with Crippen LogP contribution in [0.4, 0.5) is 5.69 Å². The van der Waals surface area contributed by atoms with Gasteiger partial charge in [-0.15, -0.1) is 0 Å². The zero-order valence-corrected chi connectivity index (χ0v) is 16.7. The maximum Gasteiger partial charge on any atom is 0.266 e. The van der Waals surface area contributed by atoms with E-state index in [1.807, 2.05) is 78.4 Å². The number of amides is 2. The number of nitrogens with two attached hydrogens (primary N) is 1. The molecule has 2 amide bonds. The number of fused-ring (bicyclic) bond motifs is 1. The monoisotopic (exact) mass is 404 g/mol. The minimum atomic E-state index is -0.411. The molecule has 0 spiro atoms. The Morgan fingerprint density at radius 1 is 1.14 bits per heavy atom. The molecule has 0 unspecified atom stereocenters. The highest BCUT2D eigenvalue weighted by Gasteiger charge is 2.32. The van der Waals surface area contributed by atoms with Gasteiger partial charge in [0, 0.05) is 29.2 Å². The molecule has 1 aliphatic rings. The van der Waals surface area contributed by atoms with Crippen molar-refractivity contribution in [3.8, 4) is 0 Å². The predicted octanol–water partition coefficient (Wildman–Crippen LogP) is 3.75. The Balaban J connectivity index is 1.74. The van der Waals surface area contributed by atoms with E-state index in [4.69, 9.17) is 5.73 Å². The Morgan fingerprint density at radius 3 is 2.59 bits per heavy atom. The summed E-state index contributed by atoms with van der Waals surface area (Å²) in [6, 6.07) is 17.3. The van der Waals surface area contributed by atoms with Gasteiger partial charge in [-0.25, -0.2) is 4.99 Å². The van der Waals surface area contributed by atoms with Gasteiger partial charge in [0.2, 0.25) is 5.91 Å². The highest BCUT2D eigenvalue weighted by atomic mass is 32.2. The fourth-order valence-electron chi connectivity index (χ4n) is 3.31. The molecular formula is C22H20N4O2S. The summed E-state index contributed by atoms with van der Waals surface area (Å²) < 4.78 is 1.81. The molecule has 0 atom stereocenters. The third-order valence-corrected chi connectivity index (χ3v) is 5.62. The lowest BCUT2D eigenvalue weighted by atomic mass is 10.1. The number of amidine groups is 1. The lowest BCUT2D eigenvalue weighted by Gasteiger charge is -2.11. The molecule has 0 bridgehead atoms. The molecule has 3 aromatic rings. The number of aromatic nitrogens is 1. The van der Waals surface area contributed by atoms with Crippen molar-refractivity contribution in [3.63, 3.8) is 0 Å². The minimum absolute atomic E-state index is 0.0705. The Morgan fingerprint density at radius 2 is 1.86 bits per heavy atom. The van der Waals surface area contributed by atoms with Crippen molar-refractivity contribution in [3.05, 3.63) is 71.3 Å². The van der Waals surface area contributed by atoms with E-state index in [2.05, 4.69) is 4.99 Å². The number of hydrogen-bond acceptors (Lipinski definition) is 4. The predicted molar refractivity (Wildman–Crippen MR) is 118 cm³/mol. The van der Waals surface area contributed by atoms with E-state index in [9.17, 15) is 9.59 Å². The molecule has 0 radical (unpaired) electrons. The van der Waals surface area contributed by atoms with E-state index in [1.54, 1.807) is 4.90 Å². The number of carbonyl (C=O) groups excluding carboxylic acids is 2. The number of para-hydroxylation sites is 2. The van der Waals surface area contributed by atoms with E-state index in [0.29, 0.717) is 16.6 Å². The maximum atomic E-state index is 12.9. The Bertz CT molecular complexity index is 1150. The van der Waals surface area contributed by atoms with Gasteiger partial charge in [-0.05, 0) is 43.0 Å². The van der Waals surface area contributed by atoms with Crippen molar-refractivity contribution in [1.82, 2.24) is 9.47 Å². The summed E-state index contributed by atoms with van der Waals surface area (Å²) in [5, 5.41) is 1.63. The molecule has 1 aromatic heterocycles. The first-order chi connectivity index (χ1) is 14.1. The summed E-state index contributed by atoms with van der Waals surface area (Å²) in [7, 11) is 0. The van der Waals surface area contributed by atoms with E-state index in [1.165, 1.54) is 11.8 Å². The average molecular weight is 404 g/mol. The fourth-order valence-corrected chi connectivity index (χ4v) is 4.37. The SMILES string of the molecule is CCN1C(=O)/C(=C/c2cn(CC(N)=O)c3ccccc23)SC1=Nc1ccccc1. The lowest BCUT2D eigenvalue weighted by molar-refractivity contribution is -0.122. The third-order valence-electron chi connectivity index (χ3n) is 4.62. The fraction of sp³-hybridized carbons (Fsp3) is 0.136. The van der Waals surface area contributed by atoms with Crippen LogP contribution in [-0.4, -0.2) is 33.0 Å². The summed E-state index contributed by atoms with van der Waals surface area (Å²) in [5.41, 5.74) is 7.96. The molecular weight excluding hydrogens is 384 g/mol. The zero-order valence-electron chi connectivity index (χ0n) is 15.9. The molecule has 7 heteroatoms. The summed E-state index contributed by atoms with van der Waals surface area (Å²) in [5.74, 6) is -0.482. The van der Waals surface area contributed by atoms with Crippen LogP contribution in [0.25, 0.3) is 17.0 Å². The van der Waals surface area contributed by atoms with Gasteiger partial charge in [-0.3, -0.25) is 14.5 Å². The summed E-state index contributed by atoms with van der Waals surface area (Å²) in [6.07, 6.45) is 3.72. The Kier molecular flexibility index (Phi) is 5.22. The number of benzene rings is 2. The molecule has 0 saturated carbocycles. The molecule has 2 heterocycles. The normalized spacial score (nSPS) is 17.0. The van der Waals surface area contributed by atoms with E-state index in [0.717, 1.165) is 22.2 Å². The van der Waals surface area contributed by atoms with Crippen molar-refractivity contribution < 1.29 is 9.59 Å². The number of aliphatic imine (C=N–C) groups is 1. The third kappa shape index (κ3) is 3.82. The van der Waals surface area contributed by atoms with Gasteiger partial charge in [-0.2, -0.15) is 0 Å². The van der Waals surface area contributed by atoms with Gasteiger partial charge >= 0.3 is 0 Å². The standard InChI is InChI=1S/C22H20N4O2S/c1-2-26-21(28)19(29-22(26)24-16-8-4-3-5-9-16)12-15-13-25(14-20(23)27)18-11-7-6-10-17(15)18/h3-13H,2,14H2,1H3,(H2,23,27)/b19-12-,24-22?. The number of carbonyl (C=O) groups is 2. The van der Waals surface area contributed by atoms with E-state index in [-0.39, 0.29) is 12.5 Å². The smallest absolute Gasteiger partial charge is 0.266 e. The highest BCUT2D eigenvalue weighted by Crippen LogP contribution is 2.35. The van der Waals surface area contributed by atoms with Gasteiger partial charge in [0.05, 0.1) is 10.6 Å². The second-order valence-electron chi connectivity index (χ2n) is 6.59. The number of likely N-dealkylation sites (N-methyl/N-ethyl adjacent to an activating group) is 1. The van der Waals surface area contributed by atoms with Crippen molar-refractivity contribution in [2.75, 3.05) is 6.54 Å². The number of hydrogen-bond donors (Lipinski definition) is 1. The van der Waals surface area contributed by atoms with E-state index >= 15 is 0 Å². The quantitative estimate of drug-likeness (QED) is 0.658. The highest BCUT2D eigenvalue weighted by molar-refractivity contribution is 8.18. The van der Waals surface area contributed by atoms with Gasteiger partial charge < -0.3 is 10.3 Å². The lowest BCUT2D eigenvalue weighted by Crippen LogP contribution is -2.28. The van der Waals surface area contributed by atoms with Crippen LogP contribution in [0.5, 0.6) is 0 Å².